The fourth-order valence-corrected chi connectivity index (χ4v) is 7.11. The first-order valence-corrected chi connectivity index (χ1v) is 19.9. The Hall–Kier alpha value is -1.14. The molecule has 5 aromatic rings. The Bertz CT molecular complexity index is 2790. The normalized spacial score (nSPS) is 12.1. The molecule has 0 saturated heterocycles. The molecule has 0 aromatic heterocycles. The number of nitrogens with zero attached hydrogens (tertiary/aromatic N) is 4. The van der Waals surface area contributed by atoms with Crippen molar-refractivity contribution in [2.24, 2.45) is 20.5 Å². The van der Waals surface area contributed by atoms with Crippen molar-refractivity contribution in [3.63, 3.8) is 0 Å². The molecular formula is C29H21N5Na4O14S4. The molecule has 0 atom stereocenters. The number of hydrogen-bond donors (Lipinski definition) is 2. The molecule has 0 spiro atoms. The SMILES string of the molecule is COc1cc(N=Nc2ccc3cc(S(=O)(=O)[O-])cc(S(=O)(=O)[O-])c3c2)ccc1N=Nc1c(S(=O)(=O)[O-])cc2ccc(NCCS(=O)(=O)[O-])cc2c1O.[Na+].[Na+].[Na+].[Na+]. The Labute approximate surface area is 409 Å². The van der Waals surface area contributed by atoms with Gasteiger partial charge in [-0.1, -0.05) is 12.1 Å². The van der Waals surface area contributed by atoms with E-state index >= 15 is 0 Å². The summed E-state index contributed by atoms with van der Waals surface area (Å²) in [4.78, 5) is -2.77. The first-order valence-electron chi connectivity index (χ1n) is 14.1. The number of hydrogen-bond acceptors (Lipinski definition) is 19. The number of nitrogens with one attached hydrogen (secondary N) is 1. The van der Waals surface area contributed by atoms with E-state index in [-0.39, 0.29) is 175 Å². The standard InChI is InChI=1S/C29H25N5O14S4.4Na/c1-48-25-14-20(32-31-19-5-3-16-10-21(50(39,40)41)15-26(22(16)13-19)51(42,43)44)6-7-24(25)33-34-28-27(52(45,46)47)11-17-2-4-18(12-23(17)29(28)35)30-8-9-49(36,37)38;;;;/h2-7,10-15,30,35H,8-9H2,1H3,(H,36,37,38)(H,39,40,41)(H,42,43,44)(H,45,46,47);;;;/q;4*+1/p-4. The van der Waals surface area contributed by atoms with Crippen molar-refractivity contribution in [3.8, 4) is 11.5 Å². The monoisotopic (exact) mass is 883 g/mol. The number of phenolic OH excluding ortho intramolecular Hbond substituents is 1. The molecular weight excluding hydrogens is 863 g/mol. The summed E-state index contributed by atoms with van der Waals surface area (Å²) in [5.74, 6) is -1.49. The Balaban J connectivity index is 0.00000392. The summed E-state index contributed by atoms with van der Waals surface area (Å²) in [5, 5.41) is 29.3. The van der Waals surface area contributed by atoms with E-state index in [0.717, 1.165) is 18.2 Å². The minimum absolute atomic E-state index is 0. The van der Waals surface area contributed by atoms with Gasteiger partial charge in [0.25, 0.3) is 0 Å². The maximum absolute atomic E-state index is 12.1. The Morgan fingerprint density at radius 2 is 1.20 bits per heavy atom. The molecule has 56 heavy (non-hydrogen) atoms. The van der Waals surface area contributed by atoms with Gasteiger partial charge in [0.2, 0.25) is 0 Å². The summed E-state index contributed by atoms with van der Waals surface area (Å²) in [6.45, 7) is -0.263. The van der Waals surface area contributed by atoms with E-state index in [0.29, 0.717) is 6.07 Å². The van der Waals surface area contributed by atoms with Crippen LogP contribution in [0.15, 0.2) is 108 Å². The van der Waals surface area contributed by atoms with Crippen LogP contribution in [0.5, 0.6) is 11.5 Å². The first kappa shape index (κ1) is 52.9. The third kappa shape index (κ3) is 13.4. The van der Waals surface area contributed by atoms with Gasteiger partial charge >= 0.3 is 118 Å². The van der Waals surface area contributed by atoms with Gasteiger partial charge in [-0.05, 0) is 65.4 Å². The molecule has 0 amide bonds. The van der Waals surface area contributed by atoms with Gasteiger partial charge in [0.15, 0.2) is 5.75 Å². The molecule has 274 valence electrons. The van der Waals surface area contributed by atoms with Crippen LogP contribution < -0.4 is 128 Å². The maximum Gasteiger partial charge on any atom is 1.00 e. The zero-order chi connectivity index (χ0) is 38.2. The van der Waals surface area contributed by atoms with Crippen LogP contribution in [-0.2, 0) is 40.5 Å². The minimum Gasteiger partial charge on any atom is -0.748 e. The predicted octanol–water partition coefficient (Wildman–Crippen LogP) is -7.78. The fraction of sp³-hybridized carbons (Fsp3) is 0.103. The number of ether oxygens (including phenoxy) is 1. The summed E-state index contributed by atoms with van der Waals surface area (Å²) in [7, 11) is -18.8. The average molecular weight is 884 g/mol. The van der Waals surface area contributed by atoms with Crippen molar-refractivity contribution < 1.29 is 180 Å². The van der Waals surface area contributed by atoms with Gasteiger partial charge < -0.3 is 33.4 Å². The van der Waals surface area contributed by atoms with Crippen LogP contribution in [-0.4, -0.2) is 76.4 Å². The third-order valence-electron chi connectivity index (χ3n) is 7.14. The number of rotatable bonds is 12. The second-order valence-corrected chi connectivity index (χ2v) is 16.2. The molecule has 0 bridgehead atoms. The Morgan fingerprint density at radius 3 is 1.77 bits per heavy atom. The van der Waals surface area contributed by atoms with E-state index in [2.05, 4.69) is 25.8 Å². The predicted molar refractivity (Wildman–Crippen MR) is 178 cm³/mol. The number of azo groups is 2. The number of phenols is 1. The van der Waals surface area contributed by atoms with E-state index in [1.165, 1.54) is 55.6 Å². The molecule has 0 aliphatic heterocycles. The Morgan fingerprint density at radius 1 is 0.625 bits per heavy atom. The molecule has 5 rings (SSSR count). The quantitative estimate of drug-likeness (QED) is 0.0668. The zero-order valence-corrected chi connectivity index (χ0v) is 41.3. The maximum atomic E-state index is 12.1. The van der Waals surface area contributed by atoms with Crippen molar-refractivity contribution in [2.75, 3.05) is 24.7 Å². The van der Waals surface area contributed by atoms with Crippen molar-refractivity contribution in [1.29, 1.82) is 0 Å². The van der Waals surface area contributed by atoms with Crippen LogP contribution in [0.25, 0.3) is 21.5 Å². The van der Waals surface area contributed by atoms with Crippen LogP contribution >= 0.6 is 0 Å². The number of anilines is 1. The van der Waals surface area contributed by atoms with E-state index in [1.807, 2.05) is 0 Å². The average Bonchev–Trinajstić information content (AvgIpc) is 3.04. The number of methoxy groups -OCH3 is 1. The summed E-state index contributed by atoms with van der Waals surface area (Å²) < 4.78 is 144. The van der Waals surface area contributed by atoms with Crippen LogP contribution in [0, 0.1) is 0 Å². The smallest absolute Gasteiger partial charge is 0.748 e. The fourth-order valence-electron chi connectivity index (χ4n) is 4.79. The van der Waals surface area contributed by atoms with Gasteiger partial charge in [-0.3, -0.25) is 0 Å². The largest absolute Gasteiger partial charge is 1.00 e. The molecule has 19 nitrogen and oxygen atoms in total. The molecule has 2 N–H and O–H groups in total. The van der Waals surface area contributed by atoms with E-state index in [9.17, 15) is 57.0 Å². The molecule has 0 aliphatic rings. The van der Waals surface area contributed by atoms with Gasteiger partial charge in [0.05, 0.1) is 49.0 Å². The number of fused-ring (bicyclic) bond motifs is 2. The molecule has 0 unspecified atom stereocenters. The number of aromatic hydroxyl groups is 1. The molecule has 5 aromatic carbocycles. The van der Waals surface area contributed by atoms with Crippen LogP contribution in [0.1, 0.15) is 0 Å². The van der Waals surface area contributed by atoms with Crippen molar-refractivity contribution in [3.05, 3.63) is 72.8 Å². The molecule has 0 heterocycles. The van der Waals surface area contributed by atoms with Crippen LogP contribution in [0.2, 0.25) is 0 Å². The minimum atomic E-state index is -5.23. The van der Waals surface area contributed by atoms with Gasteiger partial charge in [-0.2, -0.15) is 10.2 Å². The second kappa shape index (κ2) is 20.9. The molecule has 27 heteroatoms. The summed E-state index contributed by atoms with van der Waals surface area (Å²) in [6.07, 6.45) is 0. The second-order valence-electron chi connectivity index (χ2n) is 10.6. The Kier molecular flexibility index (Phi) is 19.7. The van der Waals surface area contributed by atoms with Gasteiger partial charge in [0, 0.05) is 29.1 Å². The van der Waals surface area contributed by atoms with Crippen LogP contribution in [0.3, 0.4) is 0 Å². The van der Waals surface area contributed by atoms with Gasteiger partial charge in [0.1, 0.15) is 47.5 Å². The summed E-state index contributed by atoms with van der Waals surface area (Å²) in [6, 6.07) is 14.0. The molecule has 0 saturated carbocycles. The van der Waals surface area contributed by atoms with Gasteiger partial charge in [-0.25, -0.2) is 33.7 Å². The third-order valence-corrected chi connectivity index (χ3v) is 10.4. The summed E-state index contributed by atoms with van der Waals surface area (Å²) in [5.41, 5.74) is -0.360. The van der Waals surface area contributed by atoms with E-state index in [4.69, 9.17) is 4.74 Å². The molecule has 0 fully saturated rings. The zero-order valence-electron chi connectivity index (χ0n) is 30.0. The van der Waals surface area contributed by atoms with E-state index in [1.54, 1.807) is 0 Å². The van der Waals surface area contributed by atoms with E-state index < -0.39 is 72.3 Å². The number of benzene rings is 5. The topological polar surface area (TPSA) is 320 Å². The molecule has 0 aliphatic carbocycles. The van der Waals surface area contributed by atoms with Crippen molar-refractivity contribution >= 4 is 90.5 Å². The molecule has 0 radical (unpaired) electrons. The first-order chi connectivity index (χ1) is 24.1. The summed E-state index contributed by atoms with van der Waals surface area (Å²) >= 11 is 0. The van der Waals surface area contributed by atoms with Gasteiger partial charge in [-0.15, -0.1) is 10.2 Å². The van der Waals surface area contributed by atoms with Crippen LogP contribution in [0.4, 0.5) is 28.4 Å². The van der Waals surface area contributed by atoms with Crippen molar-refractivity contribution in [1.82, 2.24) is 0 Å². The van der Waals surface area contributed by atoms with Crippen molar-refractivity contribution in [2.45, 2.75) is 14.7 Å².